The zero-order chi connectivity index (χ0) is 16.0. The van der Waals surface area contributed by atoms with Crippen LogP contribution < -0.4 is 0 Å². The number of carboxylic acid groups (broad SMARTS) is 1. The number of aryl methyl sites for hydroxylation is 1. The van der Waals surface area contributed by atoms with Crippen molar-refractivity contribution in [2.24, 2.45) is 5.92 Å². The van der Waals surface area contributed by atoms with E-state index in [9.17, 15) is 13.2 Å². The molecule has 0 unspecified atom stereocenters. The van der Waals surface area contributed by atoms with E-state index < -0.39 is 21.5 Å². The number of carbonyl (C=O) groups is 1. The average molecular weight is 323 g/mol. The summed E-state index contributed by atoms with van der Waals surface area (Å²) in [4.78, 5) is 10.8. The van der Waals surface area contributed by atoms with Gasteiger partial charge in [-0.05, 0) is 37.7 Å². The molecular weight excluding hydrogens is 302 g/mol. The predicted molar refractivity (Wildman–Crippen MR) is 82.8 cm³/mol. The molecule has 1 aromatic rings. The molecule has 2 saturated heterocycles. The van der Waals surface area contributed by atoms with Gasteiger partial charge in [-0.3, -0.25) is 4.79 Å². The first kappa shape index (κ1) is 15.5. The van der Waals surface area contributed by atoms with Crippen LogP contribution in [0, 0.1) is 12.8 Å². The Hall–Kier alpha value is -1.40. The van der Waals surface area contributed by atoms with E-state index in [1.807, 2.05) is 31.2 Å². The van der Waals surface area contributed by atoms with Crippen molar-refractivity contribution < 1.29 is 18.3 Å². The maximum absolute atomic E-state index is 12.8. The molecule has 5 nitrogen and oxygen atoms in total. The molecular formula is C16H21NO4S. The van der Waals surface area contributed by atoms with Crippen LogP contribution in [0.3, 0.4) is 0 Å². The molecule has 1 aromatic carbocycles. The summed E-state index contributed by atoms with van der Waals surface area (Å²) in [5.74, 6) is -0.461. The first-order valence-electron chi connectivity index (χ1n) is 7.59. The summed E-state index contributed by atoms with van der Waals surface area (Å²) >= 11 is 0. The van der Waals surface area contributed by atoms with Crippen molar-refractivity contribution in [1.82, 2.24) is 4.31 Å². The summed E-state index contributed by atoms with van der Waals surface area (Å²) < 4.78 is 27.1. The fraction of sp³-hybridized carbons (Fsp3) is 0.562. The van der Waals surface area contributed by atoms with Gasteiger partial charge in [-0.25, -0.2) is 8.42 Å². The summed E-state index contributed by atoms with van der Waals surface area (Å²) in [6, 6.07) is 7.51. The van der Waals surface area contributed by atoms with E-state index in [-0.39, 0.29) is 12.2 Å². The van der Waals surface area contributed by atoms with E-state index in [4.69, 9.17) is 5.11 Å². The van der Waals surface area contributed by atoms with Crippen molar-refractivity contribution in [2.75, 3.05) is 6.54 Å². The lowest BCUT2D eigenvalue weighted by atomic mass is 9.71. The molecule has 0 atom stereocenters. The van der Waals surface area contributed by atoms with E-state index >= 15 is 0 Å². The third-order valence-electron chi connectivity index (χ3n) is 4.90. The lowest BCUT2D eigenvalue weighted by Gasteiger charge is -2.41. The Balaban J connectivity index is 1.76. The van der Waals surface area contributed by atoms with Gasteiger partial charge in [0.1, 0.15) is 0 Å². The highest BCUT2D eigenvalue weighted by Gasteiger charge is 2.59. The summed E-state index contributed by atoms with van der Waals surface area (Å²) in [7, 11) is -3.40. The third-order valence-corrected chi connectivity index (χ3v) is 6.81. The van der Waals surface area contributed by atoms with Crippen LogP contribution in [-0.4, -0.2) is 35.9 Å². The van der Waals surface area contributed by atoms with Crippen molar-refractivity contribution >= 4 is 16.0 Å². The van der Waals surface area contributed by atoms with Crippen molar-refractivity contribution in [3.8, 4) is 0 Å². The summed E-state index contributed by atoms with van der Waals surface area (Å²) in [6.45, 7) is 2.52. The number of sulfonamides is 1. The summed E-state index contributed by atoms with van der Waals surface area (Å²) in [5, 5.41) is 8.89. The lowest BCUT2D eigenvalue weighted by molar-refractivity contribution is -0.137. The van der Waals surface area contributed by atoms with Gasteiger partial charge in [0.2, 0.25) is 10.0 Å². The number of hydrogen-bond donors (Lipinski definition) is 1. The second kappa shape index (κ2) is 5.35. The largest absolute Gasteiger partial charge is 0.481 e. The van der Waals surface area contributed by atoms with Crippen LogP contribution in [0.5, 0.6) is 0 Å². The molecule has 0 radical (unpaired) electrons. The molecule has 0 aromatic heterocycles. The average Bonchev–Trinajstić information content (AvgIpc) is 2.95. The van der Waals surface area contributed by atoms with E-state index in [1.165, 1.54) is 0 Å². The van der Waals surface area contributed by atoms with Crippen LogP contribution in [-0.2, 0) is 20.6 Å². The van der Waals surface area contributed by atoms with Crippen LogP contribution in [0.4, 0.5) is 0 Å². The van der Waals surface area contributed by atoms with Gasteiger partial charge >= 0.3 is 5.97 Å². The van der Waals surface area contributed by atoms with Gasteiger partial charge < -0.3 is 5.11 Å². The molecule has 22 heavy (non-hydrogen) atoms. The van der Waals surface area contributed by atoms with E-state index in [1.54, 1.807) is 4.31 Å². The van der Waals surface area contributed by atoms with E-state index in [0.717, 1.165) is 24.0 Å². The van der Waals surface area contributed by atoms with Crippen molar-refractivity contribution in [2.45, 2.75) is 43.9 Å². The summed E-state index contributed by atoms with van der Waals surface area (Å²) in [5.41, 5.74) is 1.44. The van der Waals surface area contributed by atoms with Crippen LogP contribution in [0.25, 0.3) is 0 Å². The van der Waals surface area contributed by atoms with Crippen molar-refractivity contribution in [3.63, 3.8) is 0 Å². The molecule has 0 spiro atoms. The monoisotopic (exact) mass is 323 g/mol. The second-order valence-corrected chi connectivity index (χ2v) is 8.56. The fourth-order valence-corrected chi connectivity index (χ4v) is 5.86. The highest BCUT2D eigenvalue weighted by molar-refractivity contribution is 7.88. The SMILES string of the molecule is Cc1ccc(CS(=O)(=O)N2CC3CC2(CCC(=O)O)C3)cc1. The van der Waals surface area contributed by atoms with E-state index in [2.05, 4.69) is 0 Å². The van der Waals surface area contributed by atoms with Crippen LogP contribution in [0.2, 0.25) is 0 Å². The maximum Gasteiger partial charge on any atom is 0.303 e. The van der Waals surface area contributed by atoms with Crippen LogP contribution in [0.15, 0.2) is 24.3 Å². The molecule has 1 N–H and O–H groups in total. The molecule has 120 valence electrons. The highest BCUT2D eigenvalue weighted by Crippen LogP contribution is 2.54. The van der Waals surface area contributed by atoms with Gasteiger partial charge in [0.05, 0.1) is 5.75 Å². The smallest absolute Gasteiger partial charge is 0.303 e. The Morgan fingerprint density at radius 2 is 1.95 bits per heavy atom. The normalized spacial score (nSPS) is 27.6. The lowest BCUT2D eigenvalue weighted by Crippen LogP contribution is -2.48. The molecule has 1 saturated carbocycles. The van der Waals surface area contributed by atoms with Crippen molar-refractivity contribution in [1.29, 1.82) is 0 Å². The standard InChI is InChI=1S/C16H21NO4S/c1-12-2-4-13(5-3-12)11-22(20,21)17-10-14-8-16(17,9-14)7-6-15(18)19/h2-5,14H,6-11H2,1H3,(H,18,19). The van der Waals surface area contributed by atoms with Crippen LogP contribution >= 0.6 is 0 Å². The zero-order valence-corrected chi connectivity index (χ0v) is 13.5. The maximum atomic E-state index is 12.8. The number of hydrogen-bond acceptors (Lipinski definition) is 3. The first-order valence-corrected chi connectivity index (χ1v) is 9.20. The molecule has 3 fully saturated rings. The van der Waals surface area contributed by atoms with Gasteiger partial charge in [-0.15, -0.1) is 0 Å². The Kier molecular flexibility index (Phi) is 3.77. The quantitative estimate of drug-likeness (QED) is 0.870. The zero-order valence-electron chi connectivity index (χ0n) is 12.7. The molecule has 2 heterocycles. The Bertz CT molecular complexity index is 675. The Morgan fingerprint density at radius 1 is 1.32 bits per heavy atom. The third kappa shape index (κ3) is 2.77. The highest BCUT2D eigenvalue weighted by atomic mass is 32.2. The minimum absolute atomic E-state index is 0.00514. The second-order valence-electron chi connectivity index (χ2n) is 6.67. The minimum atomic E-state index is -3.40. The number of rotatable bonds is 6. The number of fused-ring (bicyclic) bond motifs is 1. The van der Waals surface area contributed by atoms with Gasteiger partial charge in [0.25, 0.3) is 0 Å². The summed E-state index contributed by atoms with van der Waals surface area (Å²) in [6.07, 6.45) is 2.08. The van der Waals surface area contributed by atoms with Gasteiger partial charge in [0, 0.05) is 18.5 Å². The molecule has 6 heteroatoms. The number of aliphatic carboxylic acids is 1. The first-order chi connectivity index (χ1) is 10.3. The molecule has 3 aliphatic rings. The predicted octanol–water partition coefficient (Wildman–Crippen LogP) is 2.15. The number of carboxylic acids is 1. The van der Waals surface area contributed by atoms with Gasteiger partial charge in [-0.2, -0.15) is 4.31 Å². The Morgan fingerprint density at radius 3 is 2.55 bits per heavy atom. The number of nitrogens with zero attached hydrogens (tertiary/aromatic N) is 1. The topological polar surface area (TPSA) is 74.7 Å². The van der Waals surface area contributed by atoms with Gasteiger partial charge in [-0.1, -0.05) is 29.8 Å². The molecule has 2 aliphatic heterocycles. The van der Waals surface area contributed by atoms with E-state index in [0.29, 0.717) is 18.9 Å². The molecule has 4 rings (SSSR count). The van der Waals surface area contributed by atoms with Crippen LogP contribution in [0.1, 0.15) is 36.8 Å². The van der Waals surface area contributed by atoms with Crippen molar-refractivity contribution in [3.05, 3.63) is 35.4 Å². The molecule has 2 bridgehead atoms. The molecule has 1 aliphatic carbocycles. The number of benzene rings is 1. The fourth-order valence-electron chi connectivity index (χ4n) is 3.83. The molecule has 0 amide bonds. The minimum Gasteiger partial charge on any atom is -0.481 e. The van der Waals surface area contributed by atoms with Gasteiger partial charge in [0.15, 0.2) is 0 Å². The Labute approximate surface area is 131 Å².